The van der Waals surface area contributed by atoms with Gasteiger partial charge in [0.25, 0.3) is 0 Å². The van der Waals surface area contributed by atoms with Crippen molar-refractivity contribution in [3.8, 4) is 11.4 Å². The van der Waals surface area contributed by atoms with Gasteiger partial charge in [0, 0.05) is 40.7 Å². The summed E-state index contributed by atoms with van der Waals surface area (Å²) in [5.74, 6) is 1.31. The first-order chi connectivity index (χ1) is 14.7. The Kier molecular flexibility index (Phi) is 5.52. The zero-order chi connectivity index (χ0) is 20.5. The highest BCUT2D eigenvalue weighted by Gasteiger charge is 2.31. The van der Waals surface area contributed by atoms with Gasteiger partial charge >= 0.3 is 0 Å². The van der Waals surface area contributed by atoms with E-state index in [0.717, 1.165) is 48.0 Å². The summed E-state index contributed by atoms with van der Waals surface area (Å²) in [6, 6.07) is 12.5. The molecule has 8 heteroatoms. The maximum atomic E-state index is 13.2. The Labute approximate surface area is 184 Å². The van der Waals surface area contributed by atoms with Gasteiger partial charge in [0.05, 0.1) is 11.4 Å². The van der Waals surface area contributed by atoms with E-state index in [4.69, 9.17) is 0 Å². The maximum Gasteiger partial charge on any atom is 0.237 e. The highest BCUT2D eigenvalue weighted by molar-refractivity contribution is 8.00. The summed E-state index contributed by atoms with van der Waals surface area (Å²) < 4.78 is 2.18. The van der Waals surface area contributed by atoms with Crippen LogP contribution in [0, 0.1) is 0 Å². The van der Waals surface area contributed by atoms with Crippen molar-refractivity contribution >= 4 is 35.1 Å². The molecule has 1 aromatic carbocycles. The first kappa shape index (κ1) is 19.6. The van der Waals surface area contributed by atoms with Crippen LogP contribution in [0.4, 0.5) is 5.69 Å². The third kappa shape index (κ3) is 3.98. The number of pyridine rings is 1. The number of rotatable bonds is 5. The number of anilines is 1. The molecule has 0 saturated heterocycles. The molecule has 2 aromatic heterocycles. The fourth-order valence-electron chi connectivity index (χ4n) is 3.68. The van der Waals surface area contributed by atoms with Crippen LogP contribution in [-0.2, 0) is 4.79 Å². The lowest BCUT2D eigenvalue weighted by atomic mass is 10.2. The number of para-hydroxylation sites is 1. The molecule has 5 rings (SSSR count). The first-order valence-corrected chi connectivity index (χ1v) is 12.1. The number of fused-ring (bicyclic) bond motifs is 1. The van der Waals surface area contributed by atoms with Crippen molar-refractivity contribution in [2.45, 2.75) is 47.5 Å². The van der Waals surface area contributed by atoms with E-state index >= 15 is 0 Å². The average Bonchev–Trinajstić information content (AvgIpc) is 3.55. The van der Waals surface area contributed by atoms with Crippen LogP contribution in [0.25, 0.3) is 11.4 Å². The van der Waals surface area contributed by atoms with Crippen molar-refractivity contribution in [1.82, 2.24) is 19.7 Å². The smallest absolute Gasteiger partial charge is 0.237 e. The summed E-state index contributed by atoms with van der Waals surface area (Å²) in [5.41, 5.74) is 1.99. The third-order valence-corrected chi connectivity index (χ3v) is 7.53. The summed E-state index contributed by atoms with van der Waals surface area (Å²) in [5, 5.41) is 10.2. The van der Waals surface area contributed by atoms with Crippen LogP contribution in [0.15, 0.2) is 58.8 Å². The van der Waals surface area contributed by atoms with Crippen LogP contribution in [0.2, 0.25) is 0 Å². The Hall–Kier alpha value is -2.32. The zero-order valence-corrected chi connectivity index (χ0v) is 18.4. The Morgan fingerprint density at radius 3 is 2.83 bits per heavy atom. The summed E-state index contributed by atoms with van der Waals surface area (Å²) in [6.45, 7) is 2.98. The first-order valence-electron chi connectivity index (χ1n) is 10.2. The molecule has 1 aliphatic heterocycles. The normalized spacial score (nSPS) is 18.7. The highest BCUT2D eigenvalue weighted by Crippen LogP contribution is 2.41. The van der Waals surface area contributed by atoms with Gasteiger partial charge in [0.15, 0.2) is 11.0 Å². The highest BCUT2D eigenvalue weighted by atomic mass is 32.2. The molecule has 0 radical (unpaired) electrons. The lowest BCUT2D eigenvalue weighted by molar-refractivity contribution is -0.116. The van der Waals surface area contributed by atoms with E-state index in [2.05, 4.69) is 38.8 Å². The van der Waals surface area contributed by atoms with Gasteiger partial charge in [0.1, 0.15) is 0 Å². The van der Waals surface area contributed by atoms with Crippen molar-refractivity contribution in [3.05, 3.63) is 48.8 Å². The topological polar surface area (TPSA) is 63.9 Å². The number of carbonyl (C=O) groups is 1. The largest absolute Gasteiger partial charge is 0.311 e. The molecule has 30 heavy (non-hydrogen) atoms. The molecule has 0 N–H and O–H groups in total. The molecular formula is C22H23N5OS2. The van der Waals surface area contributed by atoms with Crippen LogP contribution in [-0.4, -0.2) is 43.2 Å². The van der Waals surface area contributed by atoms with Gasteiger partial charge in [-0.15, -0.1) is 22.0 Å². The van der Waals surface area contributed by atoms with Crippen molar-refractivity contribution in [1.29, 1.82) is 0 Å². The number of amides is 1. The predicted octanol–water partition coefficient (Wildman–Crippen LogP) is 4.68. The number of nitrogens with zero attached hydrogens (tertiary/aromatic N) is 5. The van der Waals surface area contributed by atoms with Gasteiger partial charge in [-0.25, -0.2) is 0 Å². The second-order valence-corrected chi connectivity index (χ2v) is 10.1. The van der Waals surface area contributed by atoms with Gasteiger partial charge in [-0.2, -0.15) is 0 Å². The van der Waals surface area contributed by atoms with Gasteiger partial charge in [-0.05, 0) is 43.5 Å². The van der Waals surface area contributed by atoms with Gasteiger partial charge < -0.3 is 4.90 Å². The van der Waals surface area contributed by atoms with Crippen molar-refractivity contribution in [2.75, 3.05) is 17.2 Å². The number of hydrogen-bond donors (Lipinski definition) is 0. The molecule has 1 aliphatic carbocycles. The van der Waals surface area contributed by atoms with E-state index in [-0.39, 0.29) is 5.91 Å². The SMILES string of the molecule is CC1CCN(C(=O)CSc2nnc(-c3cccnc3)n2C2CC2)c2ccccc2S1. The number of hydrogen-bond acceptors (Lipinski definition) is 6. The van der Waals surface area contributed by atoms with E-state index in [1.165, 1.54) is 16.7 Å². The van der Waals surface area contributed by atoms with Crippen LogP contribution in [0.3, 0.4) is 0 Å². The summed E-state index contributed by atoms with van der Waals surface area (Å²) in [4.78, 5) is 20.5. The van der Waals surface area contributed by atoms with Crippen LogP contribution in [0.1, 0.15) is 32.2 Å². The van der Waals surface area contributed by atoms with E-state index in [0.29, 0.717) is 17.0 Å². The lowest BCUT2D eigenvalue weighted by Gasteiger charge is -2.22. The van der Waals surface area contributed by atoms with E-state index in [1.807, 2.05) is 47.1 Å². The van der Waals surface area contributed by atoms with Gasteiger partial charge in [0.2, 0.25) is 5.91 Å². The molecule has 2 aliphatic rings. The Balaban J connectivity index is 1.36. The third-order valence-electron chi connectivity index (χ3n) is 5.37. The molecule has 0 bridgehead atoms. The van der Waals surface area contributed by atoms with E-state index in [1.54, 1.807) is 6.20 Å². The maximum absolute atomic E-state index is 13.2. The summed E-state index contributed by atoms with van der Waals surface area (Å²) in [7, 11) is 0. The molecule has 3 aromatic rings. The van der Waals surface area contributed by atoms with Crippen LogP contribution < -0.4 is 4.90 Å². The molecule has 0 spiro atoms. The van der Waals surface area contributed by atoms with E-state index < -0.39 is 0 Å². The molecule has 1 amide bonds. The Morgan fingerprint density at radius 1 is 1.17 bits per heavy atom. The zero-order valence-electron chi connectivity index (χ0n) is 16.8. The fourth-order valence-corrected chi connectivity index (χ4v) is 5.67. The molecule has 6 nitrogen and oxygen atoms in total. The molecule has 3 heterocycles. The average molecular weight is 438 g/mol. The standard InChI is InChI=1S/C22H23N5OS2/c1-15-10-12-26(18-6-2-3-7-19(18)30-15)20(28)14-29-22-25-24-21(27(22)17-8-9-17)16-5-4-11-23-13-16/h2-7,11,13,15,17H,8-10,12,14H2,1H3. The molecule has 1 fully saturated rings. The minimum atomic E-state index is 0.121. The summed E-state index contributed by atoms with van der Waals surface area (Å²) >= 11 is 3.34. The molecular weight excluding hydrogens is 414 g/mol. The minimum Gasteiger partial charge on any atom is -0.311 e. The van der Waals surface area contributed by atoms with Crippen molar-refractivity contribution in [2.24, 2.45) is 0 Å². The fraction of sp³-hybridized carbons (Fsp3) is 0.364. The quantitative estimate of drug-likeness (QED) is 0.540. The van der Waals surface area contributed by atoms with Crippen molar-refractivity contribution < 1.29 is 4.79 Å². The second kappa shape index (κ2) is 8.43. The number of carbonyl (C=O) groups excluding carboxylic acids is 1. The Bertz CT molecular complexity index is 1050. The van der Waals surface area contributed by atoms with Crippen LogP contribution in [0.5, 0.6) is 0 Å². The number of benzene rings is 1. The Morgan fingerprint density at radius 2 is 2.03 bits per heavy atom. The lowest BCUT2D eigenvalue weighted by Crippen LogP contribution is -2.33. The second-order valence-electron chi connectivity index (χ2n) is 7.67. The van der Waals surface area contributed by atoms with Gasteiger partial charge in [-0.1, -0.05) is 30.8 Å². The molecule has 1 unspecified atom stereocenters. The number of thioether (sulfide) groups is 2. The van der Waals surface area contributed by atoms with Crippen LogP contribution >= 0.6 is 23.5 Å². The molecule has 1 saturated carbocycles. The van der Waals surface area contributed by atoms with E-state index in [9.17, 15) is 4.79 Å². The minimum absolute atomic E-state index is 0.121. The molecule has 1 atom stereocenters. The van der Waals surface area contributed by atoms with Crippen molar-refractivity contribution in [3.63, 3.8) is 0 Å². The summed E-state index contributed by atoms with van der Waals surface area (Å²) in [6.07, 6.45) is 6.81. The molecule has 154 valence electrons. The predicted molar refractivity (Wildman–Crippen MR) is 121 cm³/mol. The monoisotopic (exact) mass is 437 g/mol. The van der Waals surface area contributed by atoms with Gasteiger partial charge in [-0.3, -0.25) is 14.3 Å². The number of aromatic nitrogens is 4.